The molecule has 0 aromatic heterocycles. The molecule has 0 aliphatic rings. The minimum atomic E-state index is 0.638. The molecule has 1 unspecified atom stereocenters. The van der Waals surface area contributed by atoms with E-state index in [1.165, 1.54) is 44.9 Å². The van der Waals surface area contributed by atoms with E-state index in [1.807, 2.05) is 0 Å². The molecule has 2 rings (SSSR count). The van der Waals surface area contributed by atoms with Gasteiger partial charge >= 0.3 is 0 Å². The number of ether oxygens (including phenoxy) is 2. The normalized spacial score (nSPS) is 12.3. The van der Waals surface area contributed by atoms with Crippen molar-refractivity contribution < 1.29 is 9.47 Å². The predicted molar refractivity (Wildman–Crippen MR) is 121 cm³/mol. The van der Waals surface area contributed by atoms with Crippen molar-refractivity contribution in [3.8, 4) is 11.5 Å². The van der Waals surface area contributed by atoms with Crippen LogP contribution in [0.5, 0.6) is 11.5 Å². The SMILES string of the molecule is CCCCC(CC)COc1ccc(OCCCCCCBr)c2ccccc12. The first-order valence-corrected chi connectivity index (χ1v) is 11.8. The summed E-state index contributed by atoms with van der Waals surface area (Å²) in [5.41, 5.74) is 0. The number of unbranched alkanes of at least 4 members (excludes halogenated alkanes) is 4. The number of rotatable bonds is 14. The molecule has 0 N–H and O–H groups in total. The highest BCUT2D eigenvalue weighted by atomic mass is 79.9. The summed E-state index contributed by atoms with van der Waals surface area (Å²) < 4.78 is 12.3. The fourth-order valence-corrected chi connectivity index (χ4v) is 3.73. The first-order valence-electron chi connectivity index (χ1n) is 10.6. The number of benzene rings is 2. The fourth-order valence-electron chi connectivity index (χ4n) is 3.33. The summed E-state index contributed by atoms with van der Waals surface area (Å²) >= 11 is 3.48. The molecule has 2 aromatic rings. The van der Waals surface area contributed by atoms with Gasteiger partial charge in [-0.3, -0.25) is 0 Å². The summed E-state index contributed by atoms with van der Waals surface area (Å²) in [5, 5.41) is 3.40. The minimum absolute atomic E-state index is 0.638. The lowest BCUT2D eigenvalue weighted by Crippen LogP contribution is -2.11. The second-order valence-corrected chi connectivity index (χ2v) is 8.08. The Morgan fingerprint density at radius 3 is 2.11 bits per heavy atom. The monoisotopic (exact) mass is 434 g/mol. The van der Waals surface area contributed by atoms with Gasteiger partial charge in [0.05, 0.1) is 13.2 Å². The van der Waals surface area contributed by atoms with Gasteiger partial charge in [-0.2, -0.15) is 0 Å². The van der Waals surface area contributed by atoms with Crippen molar-refractivity contribution in [1.82, 2.24) is 0 Å². The van der Waals surface area contributed by atoms with Crippen LogP contribution >= 0.6 is 15.9 Å². The second kappa shape index (κ2) is 13.0. The minimum Gasteiger partial charge on any atom is -0.493 e. The first-order chi connectivity index (χ1) is 13.3. The number of alkyl halides is 1. The van der Waals surface area contributed by atoms with Crippen molar-refractivity contribution in [2.24, 2.45) is 5.92 Å². The lowest BCUT2D eigenvalue weighted by atomic mass is 10.0. The first kappa shape index (κ1) is 22.1. The fraction of sp³-hybridized carbons (Fsp3) is 0.583. The average molecular weight is 435 g/mol. The van der Waals surface area contributed by atoms with Crippen molar-refractivity contribution in [3.63, 3.8) is 0 Å². The van der Waals surface area contributed by atoms with Crippen molar-refractivity contribution in [3.05, 3.63) is 36.4 Å². The summed E-state index contributed by atoms with van der Waals surface area (Å²) in [7, 11) is 0. The molecule has 0 heterocycles. The lowest BCUT2D eigenvalue weighted by molar-refractivity contribution is 0.235. The molecular formula is C24H35BrO2. The van der Waals surface area contributed by atoms with Gasteiger partial charge in [0.15, 0.2) is 0 Å². The molecule has 0 saturated heterocycles. The van der Waals surface area contributed by atoms with E-state index < -0.39 is 0 Å². The van der Waals surface area contributed by atoms with Gasteiger partial charge in [-0.15, -0.1) is 0 Å². The Morgan fingerprint density at radius 1 is 0.815 bits per heavy atom. The molecule has 27 heavy (non-hydrogen) atoms. The highest BCUT2D eigenvalue weighted by Gasteiger charge is 2.11. The Morgan fingerprint density at radius 2 is 1.48 bits per heavy atom. The van der Waals surface area contributed by atoms with Crippen LogP contribution in [0.2, 0.25) is 0 Å². The second-order valence-electron chi connectivity index (χ2n) is 7.29. The third kappa shape index (κ3) is 7.37. The van der Waals surface area contributed by atoms with Gasteiger partial charge in [-0.25, -0.2) is 0 Å². The standard InChI is InChI=1S/C24H35BrO2/c1-3-5-12-20(4-2)19-27-24-16-15-23(21-13-8-9-14-22(21)24)26-18-11-7-6-10-17-25/h8-9,13-16,20H,3-7,10-12,17-19H2,1-2H3. The topological polar surface area (TPSA) is 18.5 Å². The van der Waals surface area contributed by atoms with Crippen LogP contribution in [0.15, 0.2) is 36.4 Å². The lowest BCUT2D eigenvalue weighted by Gasteiger charge is -2.18. The molecule has 0 spiro atoms. The molecular weight excluding hydrogens is 400 g/mol. The summed E-state index contributed by atoms with van der Waals surface area (Å²) in [6, 6.07) is 12.6. The molecule has 2 aromatic carbocycles. The molecule has 0 fully saturated rings. The summed E-state index contributed by atoms with van der Waals surface area (Å²) in [4.78, 5) is 0. The van der Waals surface area contributed by atoms with E-state index in [1.54, 1.807) is 0 Å². The van der Waals surface area contributed by atoms with E-state index in [9.17, 15) is 0 Å². The number of fused-ring (bicyclic) bond motifs is 1. The molecule has 2 nitrogen and oxygen atoms in total. The maximum Gasteiger partial charge on any atom is 0.127 e. The Kier molecular flexibility index (Phi) is 10.7. The van der Waals surface area contributed by atoms with Crippen LogP contribution in [0.4, 0.5) is 0 Å². The molecule has 3 heteroatoms. The Bertz CT molecular complexity index is 656. The van der Waals surface area contributed by atoms with Crippen LogP contribution in [0.3, 0.4) is 0 Å². The van der Waals surface area contributed by atoms with Crippen molar-refractivity contribution in [2.75, 3.05) is 18.5 Å². The van der Waals surface area contributed by atoms with E-state index in [4.69, 9.17) is 9.47 Å². The van der Waals surface area contributed by atoms with Crippen LogP contribution in [0, 0.1) is 5.92 Å². The van der Waals surface area contributed by atoms with Gasteiger partial charge in [0.25, 0.3) is 0 Å². The van der Waals surface area contributed by atoms with Crippen molar-refractivity contribution in [1.29, 1.82) is 0 Å². The Hall–Kier alpha value is -1.22. The number of halogens is 1. The van der Waals surface area contributed by atoms with Crippen LogP contribution < -0.4 is 9.47 Å². The van der Waals surface area contributed by atoms with Gasteiger partial charge in [-0.1, -0.05) is 86.1 Å². The summed E-state index contributed by atoms with van der Waals surface area (Å²) in [5.74, 6) is 2.58. The Labute approximate surface area is 173 Å². The average Bonchev–Trinajstić information content (AvgIpc) is 2.71. The molecule has 1 atom stereocenters. The van der Waals surface area contributed by atoms with Gasteiger partial charge in [0.1, 0.15) is 11.5 Å². The molecule has 0 radical (unpaired) electrons. The summed E-state index contributed by atoms with van der Waals surface area (Å²) in [6.07, 6.45) is 9.79. The van der Waals surface area contributed by atoms with E-state index >= 15 is 0 Å². The van der Waals surface area contributed by atoms with Crippen LogP contribution in [-0.4, -0.2) is 18.5 Å². The van der Waals surface area contributed by atoms with Crippen LogP contribution in [0.25, 0.3) is 10.8 Å². The molecule has 0 amide bonds. The van der Waals surface area contributed by atoms with Crippen molar-refractivity contribution >= 4 is 26.7 Å². The van der Waals surface area contributed by atoms with Gasteiger partial charge in [-0.05, 0) is 37.3 Å². The maximum absolute atomic E-state index is 6.23. The van der Waals surface area contributed by atoms with Gasteiger partial charge < -0.3 is 9.47 Å². The van der Waals surface area contributed by atoms with Crippen LogP contribution in [-0.2, 0) is 0 Å². The largest absolute Gasteiger partial charge is 0.493 e. The van der Waals surface area contributed by atoms with Gasteiger partial charge in [0, 0.05) is 16.1 Å². The van der Waals surface area contributed by atoms with E-state index in [0.29, 0.717) is 5.92 Å². The van der Waals surface area contributed by atoms with E-state index in [-0.39, 0.29) is 0 Å². The van der Waals surface area contributed by atoms with Crippen molar-refractivity contribution in [2.45, 2.75) is 65.2 Å². The molecule has 150 valence electrons. The van der Waals surface area contributed by atoms with E-state index in [0.717, 1.165) is 47.2 Å². The Balaban J connectivity index is 1.99. The summed E-state index contributed by atoms with van der Waals surface area (Å²) in [6.45, 7) is 6.09. The molecule has 0 saturated carbocycles. The quantitative estimate of drug-likeness (QED) is 0.223. The smallest absolute Gasteiger partial charge is 0.127 e. The molecule has 0 aliphatic heterocycles. The zero-order valence-electron chi connectivity index (χ0n) is 17.0. The predicted octanol–water partition coefficient (Wildman–Crippen LogP) is 7.77. The van der Waals surface area contributed by atoms with Gasteiger partial charge in [0.2, 0.25) is 0 Å². The highest BCUT2D eigenvalue weighted by molar-refractivity contribution is 9.09. The zero-order chi connectivity index (χ0) is 19.3. The molecule has 0 aliphatic carbocycles. The number of hydrogen-bond donors (Lipinski definition) is 0. The van der Waals surface area contributed by atoms with E-state index in [2.05, 4.69) is 66.2 Å². The molecule has 0 bridgehead atoms. The third-order valence-electron chi connectivity index (χ3n) is 5.15. The number of hydrogen-bond acceptors (Lipinski definition) is 2. The zero-order valence-corrected chi connectivity index (χ0v) is 18.6. The third-order valence-corrected chi connectivity index (χ3v) is 5.71. The highest BCUT2D eigenvalue weighted by Crippen LogP contribution is 2.33. The van der Waals surface area contributed by atoms with Crippen LogP contribution in [0.1, 0.15) is 65.2 Å². The maximum atomic E-state index is 6.23.